The van der Waals surface area contributed by atoms with Gasteiger partial charge < -0.3 is 15.0 Å². The van der Waals surface area contributed by atoms with Gasteiger partial charge in [0, 0.05) is 18.2 Å². The molecule has 0 radical (unpaired) electrons. The fourth-order valence-corrected chi connectivity index (χ4v) is 4.43. The monoisotopic (exact) mass is 543 g/mol. The largest absolute Gasteiger partial charge is 0.497 e. The maximum atomic E-state index is 13.5. The quantitative estimate of drug-likeness (QED) is 0.513. The van der Waals surface area contributed by atoms with E-state index < -0.39 is 34.1 Å². The van der Waals surface area contributed by atoms with E-state index in [-0.39, 0.29) is 18.1 Å². The molecule has 2 amide bonds. The van der Waals surface area contributed by atoms with E-state index in [0.29, 0.717) is 21.4 Å². The summed E-state index contributed by atoms with van der Waals surface area (Å²) in [5, 5.41) is 3.52. The van der Waals surface area contributed by atoms with Crippen molar-refractivity contribution < 1.29 is 22.7 Å². The molecule has 0 unspecified atom stereocenters. The minimum Gasteiger partial charge on any atom is -0.497 e. The Bertz CT molecular complexity index is 1180. The van der Waals surface area contributed by atoms with Crippen LogP contribution in [-0.2, 0) is 26.2 Å². The summed E-state index contributed by atoms with van der Waals surface area (Å²) >= 11 is 12.2. The summed E-state index contributed by atoms with van der Waals surface area (Å²) in [4.78, 5) is 27.8. The van der Waals surface area contributed by atoms with E-state index in [4.69, 9.17) is 27.9 Å². The summed E-state index contributed by atoms with van der Waals surface area (Å²) in [6.07, 6.45) is 1.01. The number of benzene rings is 2. The van der Waals surface area contributed by atoms with Gasteiger partial charge in [0.05, 0.1) is 29.1 Å². The molecule has 1 atom stereocenters. The Labute approximate surface area is 217 Å². The molecule has 192 valence electrons. The molecule has 1 N–H and O–H groups in total. The highest BCUT2D eigenvalue weighted by molar-refractivity contribution is 7.92. The van der Waals surface area contributed by atoms with E-state index in [0.717, 1.165) is 10.6 Å². The zero-order chi connectivity index (χ0) is 26.6. The number of carbonyl (C=O) groups excluding carboxylic acids is 2. The molecule has 2 aromatic rings. The average molecular weight is 545 g/mol. The van der Waals surface area contributed by atoms with Crippen molar-refractivity contribution in [1.29, 1.82) is 0 Å². The van der Waals surface area contributed by atoms with Gasteiger partial charge in [0.15, 0.2) is 0 Å². The van der Waals surface area contributed by atoms with Crippen LogP contribution in [0.1, 0.15) is 33.3 Å². The van der Waals surface area contributed by atoms with E-state index >= 15 is 0 Å². The number of carbonyl (C=O) groups is 2. The van der Waals surface area contributed by atoms with Crippen LogP contribution in [0.5, 0.6) is 5.75 Å². The van der Waals surface area contributed by atoms with Crippen LogP contribution in [-0.4, -0.2) is 56.6 Å². The highest BCUT2D eigenvalue weighted by Crippen LogP contribution is 2.26. The van der Waals surface area contributed by atoms with Crippen LogP contribution in [0.3, 0.4) is 0 Å². The van der Waals surface area contributed by atoms with Crippen molar-refractivity contribution >= 4 is 50.7 Å². The molecule has 0 bridgehead atoms. The molecule has 2 aromatic carbocycles. The number of hydrogen-bond acceptors (Lipinski definition) is 5. The molecule has 0 heterocycles. The predicted molar refractivity (Wildman–Crippen MR) is 140 cm³/mol. The second kappa shape index (κ2) is 11.5. The van der Waals surface area contributed by atoms with Gasteiger partial charge in [0.1, 0.15) is 18.3 Å². The molecule has 0 saturated carbocycles. The number of nitrogens with zero attached hydrogens (tertiary/aromatic N) is 2. The third-order valence-corrected chi connectivity index (χ3v) is 6.90. The van der Waals surface area contributed by atoms with Gasteiger partial charge in [0.2, 0.25) is 21.8 Å². The highest BCUT2D eigenvalue weighted by atomic mass is 35.5. The van der Waals surface area contributed by atoms with Gasteiger partial charge >= 0.3 is 0 Å². The van der Waals surface area contributed by atoms with Crippen LogP contribution in [0.2, 0.25) is 10.0 Å². The van der Waals surface area contributed by atoms with Crippen molar-refractivity contribution in [3.8, 4) is 5.75 Å². The van der Waals surface area contributed by atoms with Crippen molar-refractivity contribution in [1.82, 2.24) is 10.2 Å². The third kappa shape index (κ3) is 8.30. The number of hydrogen-bond donors (Lipinski definition) is 1. The second-order valence-corrected chi connectivity index (χ2v) is 11.9. The lowest BCUT2D eigenvalue weighted by Gasteiger charge is -2.33. The Kier molecular flexibility index (Phi) is 9.44. The zero-order valence-corrected chi connectivity index (χ0v) is 23.0. The third-order valence-electron chi connectivity index (χ3n) is 5.02. The number of rotatable bonds is 9. The molecule has 0 fully saturated rings. The molecule has 11 heteroatoms. The van der Waals surface area contributed by atoms with E-state index in [1.165, 1.54) is 18.1 Å². The van der Waals surface area contributed by atoms with Crippen LogP contribution in [0.25, 0.3) is 0 Å². The van der Waals surface area contributed by atoms with Gasteiger partial charge in [-0.2, -0.15) is 0 Å². The van der Waals surface area contributed by atoms with E-state index in [9.17, 15) is 18.0 Å². The summed E-state index contributed by atoms with van der Waals surface area (Å²) in [5.41, 5.74) is 0.375. The molecule has 0 saturated heterocycles. The Hall–Kier alpha value is -2.49. The van der Waals surface area contributed by atoms with Crippen molar-refractivity contribution in [2.75, 3.05) is 24.2 Å². The molecule has 2 rings (SSSR count). The lowest BCUT2D eigenvalue weighted by molar-refractivity contribution is -0.140. The minimum atomic E-state index is -3.84. The Morgan fingerprint density at radius 2 is 1.74 bits per heavy atom. The number of methoxy groups -OCH3 is 1. The summed E-state index contributed by atoms with van der Waals surface area (Å²) in [6, 6.07) is 10.4. The van der Waals surface area contributed by atoms with Crippen LogP contribution in [0.4, 0.5) is 5.69 Å². The topological polar surface area (TPSA) is 96.0 Å². The fraction of sp³-hybridized carbons (Fsp3) is 0.417. The Balaban J connectivity index is 2.44. The maximum absolute atomic E-state index is 13.5. The summed E-state index contributed by atoms with van der Waals surface area (Å²) in [6.45, 7) is 6.59. The summed E-state index contributed by atoms with van der Waals surface area (Å²) in [5.74, 6) is -0.506. The van der Waals surface area contributed by atoms with Crippen molar-refractivity contribution in [3.63, 3.8) is 0 Å². The number of amides is 2. The molecular weight excluding hydrogens is 513 g/mol. The predicted octanol–water partition coefficient (Wildman–Crippen LogP) is 4.10. The zero-order valence-electron chi connectivity index (χ0n) is 20.6. The van der Waals surface area contributed by atoms with Crippen molar-refractivity contribution in [2.45, 2.75) is 45.8 Å². The summed E-state index contributed by atoms with van der Waals surface area (Å²) < 4.78 is 31.4. The Morgan fingerprint density at radius 1 is 1.09 bits per heavy atom. The first kappa shape index (κ1) is 28.7. The first-order valence-electron chi connectivity index (χ1n) is 10.8. The van der Waals surface area contributed by atoms with E-state index in [1.54, 1.807) is 43.3 Å². The smallest absolute Gasteiger partial charge is 0.244 e. The molecule has 0 spiro atoms. The van der Waals surface area contributed by atoms with Gasteiger partial charge in [-0.05, 0) is 57.5 Å². The first-order chi connectivity index (χ1) is 16.1. The number of nitrogens with one attached hydrogen (secondary N) is 1. The average Bonchev–Trinajstić information content (AvgIpc) is 2.75. The standard InChI is InChI=1S/C24H31Cl2N3O5S/c1-16(23(31)27-24(2,3)4)28(14-17-10-11-20(25)21(26)12-17)22(30)15-29(35(6,32)33)18-8-7-9-19(13-18)34-5/h7-13,16H,14-15H2,1-6H3,(H,27,31)/t16-/m0/s1. The molecule has 0 aliphatic rings. The second-order valence-electron chi connectivity index (χ2n) is 9.16. The molecule has 8 nitrogen and oxygen atoms in total. The molecule has 35 heavy (non-hydrogen) atoms. The van der Waals surface area contributed by atoms with Crippen LogP contribution in [0.15, 0.2) is 42.5 Å². The number of ether oxygens (including phenoxy) is 1. The van der Waals surface area contributed by atoms with E-state index in [2.05, 4.69) is 5.32 Å². The lowest BCUT2D eigenvalue weighted by atomic mass is 10.1. The van der Waals surface area contributed by atoms with Gasteiger partial charge in [-0.1, -0.05) is 35.3 Å². The molecule has 0 aliphatic carbocycles. The lowest BCUT2D eigenvalue weighted by Crippen LogP contribution is -2.54. The minimum absolute atomic E-state index is 0.0180. The number of sulfonamides is 1. The van der Waals surface area contributed by atoms with Crippen LogP contribution in [0, 0.1) is 0 Å². The SMILES string of the molecule is COc1cccc(N(CC(=O)N(Cc2ccc(Cl)c(Cl)c2)[C@@H](C)C(=O)NC(C)(C)C)S(C)(=O)=O)c1. The Morgan fingerprint density at radius 3 is 2.29 bits per heavy atom. The molecular formula is C24H31Cl2N3O5S. The van der Waals surface area contributed by atoms with Crippen molar-refractivity contribution in [2.24, 2.45) is 0 Å². The molecule has 0 aromatic heterocycles. The maximum Gasteiger partial charge on any atom is 0.244 e. The van der Waals surface area contributed by atoms with Gasteiger partial charge in [-0.25, -0.2) is 8.42 Å². The summed E-state index contributed by atoms with van der Waals surface area (Å²) in [7, 11) is -2.38. The van der Waals surface area contributed by atoms with Gasteiger partial charge in [0.25, 0.3) is 0 Å². The number of halogens is 2. The normalized spacial score (nSPS) is 12.6. The van der Waals surface area contributed by atoms with Gasteiger partial charge in [-0.3, -0.25) is 13.9 Å². The van der Waals surface area contributed by atoms with Gasteiger partial charge in [-0.15, -0.1) is 0 Å². The number of anilines is 1. The molecule has 0 aliphatic heterocycles. The highest BCUT2D eigenvalue weighted by Gasteiger charge is 2.31. The van der Waals surface area contributed by atoms with Crippen molar-refractivity contribution in [3.05, 3.63) is 58.1 Å². The first-order valence-corrected chi connectivity index (χ1v) is 13.4. The van der Waals surface area contributed by atoms with Crippen LogP contribution >= 0.6 is 23.2 Å². The van der Waals surface area contributed by atoms with Crippen LogP contribution < -0.4 is 14.4 Å². The van der Waals surface area contributed by atoms with E-state index in [1.807, 2.05) is 20.8 Å². The fourth-order valence-electron chi connectivity index (χ4n) is 3.27.